The summed E-state index contributed by atoms with van der Waals surface area (Å²) in [5.41, 5.74) is 4.60. The van der Waals surface area contributed by atoms with Gasteiger partial charge in [0, 0.05) is 6.54 Å². The molecule has 0 aromatic carbocycles. The predicted molar refractivity (Wildman–Crippen MR) is 120 cm³/mol. The number of nitrogens with zero attached hydrogens (tertiary/aromatic N) is 4. The Bertz CT molecular complexity index is 1290. The highest BCUT2D eigenvalue weighted by Gasteiger charge is 2.57. The summed E-state index contributed by atoms with van der Waals surface area (Å²) in [6.45, 7) is 2.34. The number of anilines is 1. The van der Waals surface area contributed by atoms with Gasteiger partial charge in [-0.1, -0.05) is 0 Å². The number of nitrogens with one attached hydrogen (secondary N) is 1. The third-order valence-electron chi connectivity index (χ3n) is 6.15. The van der Waals surface area contributed by atoms with Crippen LogP contribution in [0.25, 0.3) is 0 Å². The Kier molecular flexibility index (Phi) is 5.78. The van der Waals surface area contributed by atoms with Crippen LogP contribution in [0.3, 0.4) is 0 Å². The van der Waals surface area contributed by atoms with E-state index in [2.05, 4.69) is 29.4 Å². The second-order valence-electron chi connectivity index (χ2n) is 8.59. The van der Waals surface area contributed by atoms with Crippen molar-refractivity contribution in [1.82, 2.24) is 9.97 Å². The first-order valence-electron chi connectivity index (χ1n) is 10.3. The molecule has 13 heteroatoms. The second-order valence-corrected chi connectivity index (χ2v) is 11.6. The number of carbonyl (C=O) groups excluding carboxylic acids is 1. The number of hydrogen-bond acceptors (Lipinski definition) is 8. The van der Waals surface area contributed by atoms with E-state index in [0.29, 0.717) is 13.0 Å². The van der Waals surface area contributed by atoms with Gasteiger partial charge in [-0.2, -0.15) is 8.78 Å². The number of alkyl halides is 2. The molecule has 0 fully saturated rings. The minimum Gasteiger partial charge on any atom is -0.433 e. The number of pyridine rings is 2. The molecule has 1 amide bonds. The van der Waals surface area contributed by atoms with Crippen molar-refractivity contribution in [3.63, 3.8) is 0 Å². The molecular formula is C21H23F3N6O3S. The van der Waals surface area contributed by atoms with E-state index in [1.807, 2.05) is 0 Å². The topological polar surface area (TPSA) is 132 Å². The third kappa shape index (κ3) is 3.77. The maximum Gasteiger partial charge on any atom is 0.387 e. The number of carbonyl (C=O) groups is 1. The van der Waals surface area contributed by atoms with Crippen molar-refractivity contribution in [1.29, 1.82) is 0 Å². The van der Waals surface area contributed by atoms with Gasteiger partial charge in [0.2, 0.25) is 0 Å². The molecule has 4 rings (SSSR count). The van der Waals surface area contributed by atoms with Gasteiger partial charge in [0.1, 0.15) is 44.9 Å². The number of ether oxygens (including phenoxy) is 1. The Morgan fingerprint density at radius 1 is 1.26 bits per heavy atom. The maximum absolute atomic E-state index is 15.0. The van der Waals surface area contributed by atoms with Crippen molar-refractivity contribution in [2.75, 3.05) is 11.9 Å². The number of nitrogens with two attached hydrogens (primary N) is 1. The van der Waals surface area contributed by atoms with Crippen LogP contribution in [0, 0.1) is 5.82 Å². The summed E-state index contributed by atoms with van der Waals surface area (Å²) in [6.07, 6.45) is 1.40. The van der Waals surface area contributed by atoms with E-state index >= 15 is 4.39 Å². The molecule has 2 aromatic heterocycles. The van der Waals surface area contributed by atoms with Crippen molar-refractivity contribution in [2.45, 2.75) is 49.3 Å². The average molecular weight is 497 g/mol. The first-order chi connectivity index (χ1) is 15.9. The van der Waals surface area contributed by atoms with Crippen molar-refractivity contribution < 1.29 is 26.9 Å². The number of aliphatic imine (C=N–C) groups is 1. The highest BCUT2D eigenvalue weighted by atomic mass is 32.2. The van der Waals surface area contributed by atoms with Crippen molar-refractivity contribution in [2.24, 2.45) is 15.1 Å². The van der Waals surface area contributed by atoms with Crippen LogP contribution in [-0.4, -0.2) is 49.1 Å². The first-order valence-corrected chi connectivity index (χ1v) is 11.9. The lowest BCUT2D eigenvalue weighted by molar-refractivity contribution is -0.0500. The second kappa shape index (κ2) is 8.22. The number of halogens is 3. The summed E-state index contributed by atoms with van der Waals surface area (Å²) in [5, 5.41) is 1.87. The summed E-state index contributed by atoms with van der Waals surface area (Å²) in [6, 6.07) is 4.74. The molecule has 2 aliphatic heterocycles. The number of fused-ring (bicyclic) bond motifs is 1. The molecule has 0 saturated heterocycles. The van der Waals surface area contributed by atoms with Gasteiger partial charge in [-0.3, -0.25) is 9.79 Å². The monoisotopic (exact) mass is 496 g/mol. The third-order valence-corrected chi connectivity index (χ3v) is 9.85. The summed E-state index contributed by atoms with van der Waals surface area (Å²) < 4.78 is 61.0. The lowest BCUT2D eigenvalue weighted by atomic mass is 9.89. The minimum atomic E-state index is -3.02. The van der Waals surface area contributed by atoms with Crippen molar-refractivity contribution >= 4 is 27.3 Å². The van der Waals surface area contributed by atoms with Gasteiger partial charge >= 0.3 is 6.61 Å². The molecule has 3 atom stereocenters. The fraction of sp³-hybridized carbons (Fsp3) is 0.429. The molecule has 0 bridgehead atoms. The van der Waals surface area contributed by atoms with Gasteiger partial charge < -0.3 is 15.8 Å². The molecule has 1 unspecified atom stereocenters. The van der Waals surface area contributed by atoms with Gasteiger partial charge in [-0.25, -0.2) is 22.9 Å². The Morgan fingerprint density at radius 2 is 2.00 bits per heavy atom. The Balaban J connectivity index is 1.67. The van der Waals surface area contributed by atoms with Crippen molar-refractivity contribution in [3.05, 3.63) is 47.7 Å². The quantitative estimate of drug-likeness (QED) is 0.654. The Hall–Kier alpha value is -3.22. The minimum absolute atomic E-state index is 0.00243. The highest BCUT2D eigenvalue weighted by Crippen LogP contribution is 2.47. The Morgan fingerprint density at radius 3 is 2.65 bits per heavy atom. The lowest BCUT2D eigenvalue weighted by Crippen LogP contribution is -2.58. The molecule has 0 saturated carbocycles. The van der Waals surface area contributed by atoms with Crippen molar-refractivity contribution in [3.8, 4) is 5.75 Å². The lowest BCUT2D eigenvalue weighted by Gasteiger charge is -2.44. The van der Waals surface area contributed by atoms with E-state index in [1.54, 1.807) is 20.8 Å². The van der Waals surface area contributed by atoms with Crippen LogP contribution in [0.4, 0.5) is 19.0 Å². The fourth-order valence-corrected chi connectivity index (χ4v) is 7.36. The number of rotatable bonds is 5. The Labute approximate surface area is 194 Å². The molecule has 182 valence electrons. The number of aromatic nitrogens is 2. The summed E-state index contributed by atoms with van der Waals surface area (Å²) in [7, 11) is -2.89. The predicted octanol–water partition coefficient (Wildman–Crippen LogP) is 3.07. The standard InChI is InChI=1S/C21H23F3N6O3S/c1-20(2)18(25)30-21(3,14-8-9-27-34(14,20)32)16-12(22)5-7-15(28-16)29-17(31)13-6-4-11(10-26-13)33-19(23)24/h4-7,10,14,19H,8-9H2,1-3H3,(H2,25,30)(H,28,29,31)/t14-,21-,34?/m0/s1. The van der Waals surface area contributed by atoms with Crippen LogP contribution in [0.5, 0.6) is 5.75 Å². The highest BCUT2D eigenvalue weighted by molar-refractivity contribution is 7.96. The molecule has 0 aliphatic carbocycles. The van der Waals surface area contributed by atoms with Gasteiger partial charge in [0.25, 0.3) is 5.91 Å². The summed E-state index contributed by atoms with van der Waals surface area (Å²) >= 11 is 0. The molecule has 3 N–H and O–H groups in total. The number of hydrogen-bond donors (Lipinski definition) is 2. The summed E-state index contributed by atoms with van der Waals surface area (Å²) in [4.78, 5) is 25.2. The van der Waals surface area contributed by atoms with Crippen LogP contribution >= 0.6 is 0 Å². The molecule has 9 nitrogen and oxygen atoms in total. The largest absolute Gasteiger partial charge is 0.433 e. The van der Waals surface area contributed by atoms with E-state index in [0.717, 1.165) is 12.3 Å². The van der Waals surface area contributed by atoms with Gasteiger partial charge in [-0.05, 0) is 51.5 Å². The van der Waals surface area contributed by atoms with Crippen LogP contribution in [0.15, 0.2) is 39.8 Å². The zero-order valence-corrected chi connectivity index (χ0v) is 19.4. The zero-order chi connectivity index (χ0) is 24.9. The molecule has 0 radical (unpaired) electrons. The molecule has 4 heterocycles. The number of amides is 1. The zero-order valence-electron chi connectivity index (χ0n) is 18.6. The van der Waals surface area contributed by atoms with Crippen LogP contribution in [0.2, 0.25) is 0 Å². The van der Waals surface area contributed by atoms with Gasteiger partial charge in [0.05, 0.1) is 21.2 Å². The van der Waals surface area contributed by atoms with Crippen LogP contribution in [-0.2, 0) is 15.3 Å². The van der Waals surface area contributed by atoms with E-state index in [9.17, 15) is 17.8 Å². The maximum atomic E-state index is 15.0. The molecule has 2 aromatic rings. The van der Waals surface area contributed by atoms with E-state index in [-0.39, 0.29) is 28.8 Å². The molecule has 34 heavy (non-hydrogen) atoms. The smallest absolute Gasteiger partial charge is 0.387 e. The molecular weight excluding hydrogens is 473 g/mol. The average Bonchev–Trinajstić information content (AvgIpc) is 3.18. The van der Waals surface area contributed by atoms with Crippen LogP contribution in [0.1, 0.15) is 43.4 Å². The SMILES string of the molecule is CC1(C)C(N)=N[C@](C)(c2nc(NC(=O)c3ccc(OC(F)F)cn3)ccc2F)[C@@H]2CCN=S21=O. The normalized spacial score (nSPS) is 27.5. The van der Waals surface area contributed by atoms with E-state index in [1.165, 1.54) is 18.2 Å². The molecule has 0 spiro atoms. The van der Waals surface area contributed by atoms with Crippen LogP contribution < -0.4 is 15.8 Å². The van der Waals surface area contributed by atoms with Gasteiger partial charge in [0.15, 0.2) is 0 Å². The van der Waals surface area contributed by atoms with E-state index < -0.39 is 43.6 Å². The van der Waals surface area contributed by atoms with Gasteiger partial charge in [-0.15, -0.1) is 0 Å². The number of amidine groups is 1. The molecule has 2 aliphatic rings. The van der Waals surface area contributed by atoms with E-state index in [4.69, 9.17) is 5.73 Å². The first kappa shape index (κ1) is 23.9. The fourth-order valence-electron chi connectivity index (χ4n) is 4.21. The summed E-state index contributed by atoms with van der Waals surface area (Å²) in [5.74, 6) is -1.52.